The van der Waals surface area contributed by atoms with Crippen molar-refractivity contribution < 1.29 is 17.9 Å². The number of hydrogen-bond acceptors (Lipinski definition) is 3. The number of alkyl halides is 3. The molecule has 0 aliphatic carbocycles. The summed E-state index contributed by atoms with van der Waals surface area (Å²) in [6, 6.07) is 13.0. The minimum absolute atomic E-state index is 0.276. The summed E-state index contributed by atoms with van der Waals surface area (Å²) in [5, 5.41) is 3.30. The van der Waals surface area contributed by atoms with Crippen LogP contribution in [0.5, 0.6) is 5.75 Å². The number of ether oxygens (including phenoxy) is 1. The van der Waals surface area contributed by atoms with Crippen LogP contribution >= 0.6 is 0 Å². The first-order valence-corrected chi connectivity index (χ1v) is 8.84. The van der Waals surface area contributed by atoms with E-state index in [0.717, 1.165) is 43.6 Å². The van der Waals surface area contributed by atoms with Crippen LogP contribution in [0.15, 0.2) is 48.5 Å². The van der Waals surface area contributed by atoms with Crippen LogP contribution in [0, 0.1) is 0 Å². The SMILES string of the molecule is CCOc1ccccc1C(c1cccc(C(F)(F)F)c1)N1CCNCC1. The van der Waals surface area contributed by atoms with Gasteiger partial charge in [-0.1, -0.05) is 30.3 Å². The molecule has 26 heavy (non-hydrogen) atoms. The summed E-state index contributed by atoms with van der Waals surface area (Å²) < 4.78 is 45.4. The lowest BCUT2D eigenvalue weighted by Gasteiger charge is -2.36. The van der Waals surface area contributed by atoms with Gasteiger partial charge in [-0.05, 0) is 30.7 Å². The van der Waals surface area contributed by atoms with Crippen LogP contribution in [0.3, 0.4) is 0 Å². The van der Waals surface area contributed by atoms with Crippen LogP contribution < -0.4 is 10.1 Å². The Balaban J connectivity index is 2.08. The van der Waals surface area contributed by atoms with Crippen LogP contribution in [-0.2, 0) is 6.18 Å². The van der Waals surface area contributed by atoms with Crippen LogP contribution in [0.25, 0.3) is 0 Å². The number of hydrogen-bond donors (Lipinski definition) is 1. The topological polar surface area (TPSA) is 24.5 Å². The molecule has 1 aliphatic rings. The van der Waals surface area contributed by atoms with Crippen molar-refractivity contribution in [1.82, 2.24) is 10.2 Å². The van der Waals surface area contributed by atoms with Crippen molar-refractivity contribution in [3.8, 4) is 5.75 Å². The summed E-state index contributed by atoms with van der Waals surface area (Å²) in [5.41, 5.74) is 0.911. The molecule has 1 saturated heterocycles. The van der Waals surface area contributed by atoms with Gasteiger partial charge in [-0.15, -0.1) is 0 Å². The van der Waals surface area contributed by atoms with Crippen molar-refractivity contribution in [3.63, 3.8) is 0 Å². The lowest BCUT2D eigenvalue weighted by Crippen LogP contribution is -2.45. The Morgan fingerprint density at radius 1 is 1.08 bits per heavy atom. The maximum Gasteiger partial charge on any atom is 0.416 e. The third kappa shape index (κ3) is 4.19. The number of piperazine rings is 1. The molecule has 0 radical (unpaired) electrons. The fourth-order valence-electron chi connectivity index (χ4n) is 3.41. The van der Waals surface area contributed by atoms with E-state index in [2.05, 4.69) is 10.2 Å². The lowest BCUT2D eigenvalue weighted by molar-refractivity contribution is -0.137. The zero-order chi connectivity index (χ0) is 18.6. The highest BCUT2D eigenvalue weighted by molar-refractivity contribution is 5.43. The van der Waals surface area contributed by atoms with E-state index in [4.69, 9.17) is 4.74 Å². The molecule has 2 aromatic carbocycles. The highest BCUT2D eigenvalue weighted by Crippen LogP contribution is 2.37. The average molecular weight is 364 g/mol. The monoisotopic (exact) mass is 364 g/mol. The van der Waals surface area contributed by atoms with Gasteiger partial charge in [0.15, 0.2) is 0 Å². The molecule has 0 amide bonds. The van der Waals surface area contributed by atoms with Gasteiger partial charge >= 0.3 is 6.18 Å². The van der Waals surface area contributed by atoms with Crippen molar-refractivity contribution in [1.29, 1.82) is 0 Å². The zero-order valence-corrected chi connectivity index (χ0v) is 14.7. The van der Waals surface area contributed by atoms with Gasteiger partial charge in [0, 0.05) is 31.7 Å². The Labute approximate surface area is 151 Å². The number of nitrogens with one attached hydrogen (secondary N) is 1. The average Bonchev–Trinajstić information content (AvgIpc) is 2.64. The molecule has 0 bridgehead atoms. The predicted octanol–water partition coefficient (Wildman–Crippen LogP) is 4.10. The van der Waals surface area contributed by atoms with Gasteiger partial charge in [-0.3, -0.25) is 4.90 Å². The normalized spacial score (nSPS) is 17.1. The summed E-state index contributed by atoms with van der Waals surface area (Å²) in [6.07, 6.45) is -4.36. The second-order valence-corrected chi connectivity index (χ2v) is 6.28. The molecule has 1 N–H and O–H groups in total. The Kier molecular flexibility index (Phi) is 5.84. The van der Waals surface area contributed by atoms with Gasteiger partial charge in [0.2, 0.25) is 0 Å². The molecule has 6 heteroatoms. The first kappa shape index (κ1) is 18.7. The molecule has 1 fully saturated rings. The van der Waals surface area contributed by atoms with Gasteiger partial charge in [-0.25, -0.2) is 0 Å². The third-order valence-electron chi connectivity index (χ3n) is 4.56. The number of para-hydroxylation sites is 1. The smallest absolute Gasteiger partial charge is 0.416 e. The molecule has 3 rings (SSSR count). The molecule has 0 spiro atoms. The first-order valence-electron chi connectivity index (χ1n) is 8.84. The summed E-state index contributed by atoms with van der Waals surface area (Å²) in [5.74, 6) is 0.718. The van der Waals surface area contributed by atoms with Crippen LogP contribution in [0.4, 0.5) is 13.2 Å². The van der Waals surface area contributed by atoms with Crippen molar-refractivity contribution in [2.24, 2.45) is 0 Å². The summed E-state index contributed by atoms with van der Waals surface area (Å²) in [7, 11) is 0. The van der Waals surface area contributed by atoms with E-state index in [-0.39, 0.29) is 6.04 Å². The molecule has 2 aromatic rings. The molecule has 0 aromatic heterocycles. The molecule has 1 heterocycles. The van der Waals surface area contributed by atoms with E-state index in [1.54, 1.807) is 6.07 Å². The summed E-state index contributed by atoms with van der Waals surface area (Å²) in [6.45, 7) is 5.57. The van der Waals surface area contributed by atoms with Gasteiger partial charge in [0.25, 0.3) is 0 Å². The maximum atomic E-state index is 13.2. The van der Waals surface area contributed by atoms with Crippen molar-refractivity contribution in [2.45, 2.75) is 19.1 Å². The molecule has 3 nitrogen and oxygen atoms in total. The number of benzene rings is 2. The molecule has 0 saturated carbocycles. The van der Waals surface area contributed by atoms with Gasteiger partial charge in [0.1, 0.15) is 5.75 Å². The van der Waals surface area contributed by atoms with E-state index in [0.29, 0.717) is 12.2 Å². The van der Waals surface area contributed by atoms with E-state index in [9.17, 15) is 13.2 Å². The third-order valence-corrected chi connectivity index (χ3v) is 4.56. The van der Waals surface area contributed by atoms with E-state index >= 15 is 0 Å². The Hall–Kier alpha value is -2.05. The zero-order valence-electron chi connectivity index (χ0n) is 14.7. The largest absolute Gasteiger partial charge is 0.494 e. The van der Waals surface area contributed by atoms with E-state index in [1.807, 2.05) is 31.2 Å². The molecular formula is C20H23F3N2O. The van der Waals surface area contributed by atoms with E-state index < -0.39 is 11.7 Å². The fourth-order valence-corrected chi connectivity index (χ4v) is 3.41. The number of nitrogens with zero attached hydrogens (tertiary/aromatic N) is 1. The first-order chi connectivity index (χ1) is 12.5. The molecule has 140 valence electrons. The van der Waals surface area contributed by atoms with Gasteiger partial charge in [-0.2, -0.15) is 13.2 Å². The summed E-state index contributed by atoms with van der Waals surface area (Å²) >= 11 is 0. The lowest BCUT2D eigenvalue weighted by atomic mass is 9.94. The van der Waals surface area contributed by atoms with E-state index in [1.165, 1.54) is 12.1 Å². The Morgan fingerprint density at radius 3 is 2.50 bits per heavy atom. The Bertz CT molecular complexity index is 727. The Morgan fingerprint density at radius 2 is 1.81 bits per heavy atom. The predicted molar refractivity (Wildman–Crippen MR) is 95.3 cm³/mol. The second-order valence-electron chi connectivity index (χ2n) is 6.28. The van der Waals surface area contributed by atoms with Gasteiger partial charge in [0.05, 0.1) is 18.2 Å². The highest BCUT2D eigenvalue weighted by atomic mass is 19.4. The minimum atomic E-state index is -4.36. The number of rotatable bonds is 5. The molecule has 1 unspecified atom stereocenters. The number of halogens is 3. The quantitative estimate of drug-likeness (QED) is 0.865. The van der Waals surface area contributed by atoms with Crippen molar-refractivity contribution >= 4 is 0 Å². The molecular weight excluding hydrogens is 341 g/mol. The fraction of sp³-hybridized carbons (Fsp3) is 0.400. The minimum Gasteiger partial charge on any atom is -0.494 e. The second kappa shape index (κ2) is 8.10. The summed E-state index contributed by atoms with van der Waals surface area (Å²) in [4.78, 5) is 2.21. The highest BCUT2D eigenvalue weighted by Gasteiger charge is 2.33. The molecule has 1 atom stereocenters. The maximum absolute atomic E-state index is 13.2. The van der Waals surface area contributed by atoms with Crippen LogP contribution in [0.1, 0.15) is 29.7 Å². The van der Waals surface area contributed by atoms with Gasteiger partial charge < -0.3 is 10.1 Å². The standard InChI is InChI=1S/C20H23F3N2O/c1-2-26-18-9-4-3-8-17(18)19(25-12-10-24-11-13-25)15-6-5-7-16(14-15)20(21,22)23/h3-9,14,19,24H,2,10-13H2,1H3. The van der Waals surface area contributed by atoms with Crippen LogP contribution in [-0.4, -0.2) is 37.7 Å². The van der Waals surface area contributed by atoms with Crippen LogP contribution in [0.2, 0.25) is 0 Å². The van der Waals surface area contributed by atoms with Crippen molar-refractivity contribution in [2.75, 3.05) is 32.8 Å². The van der Waals surface area contributed by atoms with Crippen molar-refractivity contribution in [3.05, 3.63) is 65.2 Å². The molecule has 1 aliphatic heterocycles.